The van der Waals surface area contributed by atoms with Crippen LogP contribution in [0.5, 0.6) is 5.75 Å². The van der Waals surface area contributed by atoms with E-state index >= 15 is 0 Å². The Balaban J connectivity index is 1.73. The first-order valence-corrected chi connectivity index (χ1v) is 13.4. The molecule has 3 N–H and O–H groups in total. The highest BCUT2D eigenvalue weighted by Gasteiger charge is 2.50. The molecule has 0 aliphatic carbocycles. The monoisotopic (exact) mass is 539 g/mol. The molecule has 2 aromatic carbocycles. The molecule has 1 aliphatic rings. The topological polar surface area (TPSA) is 118 Å². The zero-order chi connectivity index (χ0) is 28.5. The third-order valence-electron chi connectivity index (χ3n) is 6.32. The summed E-state index contributed by atoms with van der Waals surface area (Å²) < 4.78 is 17.1. The zero-order valence-corrected chi connectivity index (χ0v) is 23.6. The van der Waals surface area contributed by atoms with Gasteiger partial charge in [-0.25, -0.2) is 10.4 Å². The Morgan fingerprint density at radius 3 is 2.44 bits per heavy atom. The van der Waals surface area contributed by atoms with E-state index in [1.54, 1.807) is 39.8 Å². The highest BCUT2D eigenvalue weighted by atomic mass is 16.6. The lowest BCUT2D eigenvalue weighted by molar-refractivity contribution is -0.155. The van der Waals surface area contributed by atoms with Crippen LogP contribution >= 0.6 is 0 Å². The SMILES string of the molecule is Cc1ccc(CCNNC(=O)[C@@]2(CCC(=O)OC(C)(C)C)N=C(c3ccc(OCCCO)cc3)O[C@H]2C)cc1. The van der Waals surface area contributed by atoms with Gasteiger partial charge in [0.25, 0.3) is 5.91 Å². The van der Waals surface area contributed by atoms with Crippen LogP contribution in [0, 0.1) is 6.92 Å². The molecule has 39 heavy (non-hydrogen) atoms. The molecule has 212 valence electrons. The van der Waals surface area contributed by atoms with Gasteiger partial charge in [-0.3, -0.25) is 15.0 Å². The lowest BCUT2D eigenvalue weighted by Crippen LogP contribution is -2.55. The van der Waals surface area contributed by atoms with Crippen LogP contribution < -0.4 is 15.6 Å². The molecule has 0 aromatic heterocycles. The maximum absolute atomic E-state index is 13.6. The first-order chi connectivity index (χ1) is 18.5. The van der Waals surface area contributed by atoms with Gasteiger partial charge in [0.05, 0.1) is 6.61 Å². The number of hydrogen-bond donors (Lipinski definition) is 3. The van der Waals surface area contributed by atoms with E-state index in [0.29, 0.717) is 36.8 Å². The Labute approximate surface area is 230 Å². The number of hydrogen-bond acceptors (Lipinski definition) is 8. The predicted octanol–water partition coefficient (Wildman–Crippen LogP) is 3.65. The number of aliphatic hydroxyl groups is 1. The van der Waals surface area contributed by atoms with Gasteiger partial charge in [0.15, 0.2) is 5.54 Å². The van der Waals surface area contributed by atoms with Crippen molar-refractivity contribution < 1.29 is 28.9 Å². The fraction of sp³-hybridized carbons (Fsp3) is 0.500. The van der Waals surface area contributed by atoms with Gasteiger partial charge in [-0.15, -0.1) is 0 Å². The molecule has 2 aromatic rings. The number of aliphatic hydroxyl groups excluding tert-OH is 1. The van der Waals surface area contributed by atoms with Crippen LogP contribution in [0.1, 0.15) is 63.6 Å². The average molecular weight is 540 g/mol. The van der Waals surface area contributed by atoms with Gasteiger partial charge in [0, 0.05) is 31.6 Å². The molecule has 0 fully saturated rings. The molecule has 1 aliphatic heterocycles. The Morgan fingerprint density at radius 2 is 1.79 bits per heavy atom. The molecular formula is C30H41N3O6. The molecule has 3 rings (SSSR count). The third kappa shape index (κ3) is 8.80. The van der Waals surface area contributed by atoms with E-state index in [1.807, 2.05) is 19.1 Å². The van der Waals surface area contributed by atoms with Crippen LogP contribution in [0.25, 0.3) is 0 Å². The van der Waals surface area contributed by atoms with Crippen LogP contribution in [0.2, 0.25) is 0 Å². The van der Waals surface area contributed by atoms with Crippen molar-refractivity contribution in [3.8, 4) is 5.75 Å². The molecule has 9 heteroatoms. The van der Waals surface area contributed by atoms with Gasteiger partial charge in [-0.05, 0) is 77.3 Å². The molecule has 0 saturated heterocycles. The molecular weight excluding hydrogens is 498 g/mol. The van der Waals surface area contributed by atoms with Crippen LogP contribution in [0.15, 0.2) is 53.5 Å². The number of benzene rings is 2. The summed E-state index contributed by atoms with van der Waals surface area (Å²) in [6, 6.07) is 15.4. The minimum absolute atomic E-state index is 0.0101. The summed E-state index contributed by atoms with van der Waals surface area (Å²) in [6.45, 7) is 10.2. The fourth-order valence-electron chi connectivity index (χ4n) is 4.15. The van der Waals surface area contributed by atoms with E-state index < -0.39 is 23.2 Å². The van der Waals surface area contributed by atoms with E-state index in [2.05, 4.69) is 35.1 Å². The number of nitrogens with zero attached hydrogens (tertiary/aromatic N) is 1. The summed E-state index contributed by atoms with van der Waals surface area (Å²) in [5.74, 6) is 0.206. The molecule has 1 heterocycles. The van der Waals surface area contributed by atoms with E-state index in [-0.39, 0.29) is 25.4 Å². The third-order valence-corrected chi connectivity index (χ3v) is 6.32. The van der Waals surface area contributed by atoms with Crippen molar-refractivity contribution >= 4 is 17.8 Å². The van der Waals surface area contributed by atoms with Crippen LogP contribution in [-0.4, -0.2) is 59.9 Å². The molecule has 0 radical (unpaired) electrons. The Bertz CT molecular complexity index is 1120. The highest BCUT2D eigenvalue weighted by molar-refractivity contribution is 6.00. The molecule has 0 bridgehead atoms. The number of nitrogens with one attached hydrogen (secondary N) is 2. The standard InChI is InChI=1S/C30H41N3O6/c1-21-7-9-23(10-8-21)16-18-31-33-28(36)30(17-15-26(35)39-29(3,4)5)22(2)38-27(32-30)24-11-13-25(14-12-24)37-20-6-19-34/h7-14,22,31,34H,6,15-20H2,1-5H3,(H,33,36)/t22-,30-/m0/s1. The number of amides is 1. The lowest BCUT2D eigenvalue weighted by Gasteiger charge is -2.28. The van der Waals surface area contributed by atoms with E-state index in [1.165, 1.54) is 5.56 Å². The lowest BCUT2D eigenvalue weighted by atomic mass is 9.88. The summed E-state index contributed by atoms with van der Waals surface area (Å²) in [5.41, 5.74) is 6.89. The number of ether oxygens (including phenoxy) is 3. The molecule has 0 saturated carbocycles. The second-order valence-electron chi connectivity index (χ2n) is 10.8. The first kappa shape index (κ1) is 30.1. The first-order valence-electron chi connectivity index (χ1n) is 13.4. The molecule has 0 spiro atoms. The number of carbonyl (C=O) groups excluding carboxylic acids is 2. The number of carbonyl (C=O) groups is 2. The van der Waals surface area contributed by atoms with Crippen molar-refractivity contribution in [3.63, 3.8) is 0 Å². The number of rotatable bonds is 13. The summed E-state index contributed by atoms with van der Waals surface area (Å²) >= 11 is 0. The highest BCUT2D eigenvalue weighted by Crippen LogP contribution is 2.33. The van der Waals surface area contributed by atoms with Gasteiger partial charge in [-0.2, -0.15) is 0 Å². The summed E-state index contributed by atoms with van der Waals surface area (Å²) in [4.78, 5) is 30.8. The Kier molecular flexibility index (Phi) is 10.5. The minimum atomic E-state index is -1.32. The smallest absolute Gasteiger partial charge is 0.306 e. The summed E-state index contributed by atoms with van der Waals surface area (Å²) in [5, 5.41) is 8.94. The minimum Gasteiger partial charge on any atom is -0.494 e. The number of aliphatic imine (C=N–C) groups is 1. The van der Waals surface area contributed by atoms with E-state index in [0.717, 1.165) is 12.0 Å². The normalized spacial score (nSPS) is 18.7. The fourth-order valence-corrected chi connectivity index (χ4v) is 4.15. The van der Waals surface area contributed by atoms with Gasteiger partial charge in [0.1, 0.15) is 17.5 Å². The number of hydrazine groups is 1. The Morgan fingerprint density at radius 1 is 1.10 bits per heavy atom. The molecule has 9 nitrogen and oxygen atoms in total. The number of aryl methyl sites for hydroxylation is 1. The van der Waals surface area contributed by atoms with Crippen LogP contribution in [0.3, 0.4) is 0 Å². The Hall–Kier alpha value is -3.43. The van der Waals surface area contributed by atoms with Crippen molar-refractivity contribution in [2.75, 3.05) is 19.8 Å². The maximum atomic E-state index is 13.6. The molecule has 1 amide bonds. The van der Waals surface area contributed by atoms with E-state index in [4.69, 9.17) is 24.3 Å². The van der Waals surface area contributed by atoms with Crippen molar-refractivity contribution in [2.24, 2.45) is 4.99 Å². The van der Waals surface area contributed by atoms with Crippen LogP contribution in [-0.2, 0) is 25.5 Å². The van der Waals surface area contributed by atoms with Gasteiger partial charge in [-0.1, -0.05) is 29.8 Å². The van der Waals surface area contributed by atoms with Crippen molar-refractivity contribution in [2.45, 2.75) is 77.5 Å². The largest absolute Gasteiger partial charge is 0.494 e. The summed E-state index contributed by atoms with van der Waals surface area (Å²) in [6.07, 6.45) is 0.799. The second kappa shape index (κ2) is 13.6. The number of esters is 1. The van der Waals surface area contributed by atoms with Crippen LogP contribution in [0.4, 0.5) is 0 Å². The van der Waals surface area contributed by atoms with E-state index in [9.17, 15) is 9.59 Å². The zero-order valence-electron chi connectivity index (χ0n) is 23.6. The van der Waals surface area contributed by atoms with Gasteiger partial charge in [0.2, 0.25) is 5.90 Å². The predicted molar refractivity (Wildman–Crippen MR) is 150 cm³/mol. The quantitative estimate of drug-likeness (QED) is 0.202. The van der Waals surface area contributed by atoms with Crippen molar-refractivity contribution in [1.29, 1.82) is 0 Å². The second-order valence-corrected chi connectivity index (χ2v) is 10.8. The summed E-state index contributed by atoms with van der Waals surface area (Å²) in [7, 11) is 0. The van der Waals surface area contributed by atoms with Gasteiger partial charge < -0.3 is 19.3 Å². The molecule has 0 unspecified atom stereocenters. The van der Waals surface area contributed by atoms with Crippen molar-refractivity contribution in [1.82, 2.24) is 10.9 Å². The maximum Gasteiger partial charge on any atom is 0.306 e. The van der Waals surface area contributed by atoms with Crippen molar-refractivity contribution in [3.05, 3.63) is 65.2 Å². The average Bonchev–Trinajstić information content (AvgIpc) is 3.23. The molecule has 2 atom stereocenters. The van der Waals surface area contributed by atoms with Gasteiger partial charge >= 0.3 is 5.97 Å².